The molecule has 12 nitrogen and oxygen atoms in total. The van der Waals surface area contributed by atoms with Gasteiger partial charge in [0.1, 0.15) is 18.1 Å². The monoisotopic (exact) mass is 451 g/mol. The van der Waals surface area contributed by atoms with Crippen molar-refractivity contribution >= 4 is 23.7 Å². The molecule has 0 saturated carbocycles. The van der Waals surface area contributed by atoms with Gasteiger partial charge in [-0.15, -0.1) is 0 Å². The first-order valence-corrected chi connectivity index (χ1v) is 10.8. The number of H-pyrrole nitrogens is 1. The van der Waals surface area contributed by atoms with Crippen molar-refractivity contribution in [3.05, 3.63) is 18.2 Å². The number of hydrogen-bond acceptors (Lipinski definition) is 7. The van der Waals surface area contributed by atoms with Gasteiger partial charge in [0.15, 0.2) is 0 Å². The molecule has 0 radical (unpaired) electrons. The number of imidazole rings is 1. The molecule has 3 amide bonds. The van der Waals surface area contributed by atoms with Crippen molar-refractivity contribution in [1.29, 1.82) is 0 Å². The predicted molar refractivity (Wildman–Crippen MR) is 115 cm³/mol. The van der Waals surface area contributed by atoms with Crippen LogP contribution in [0.25, 0.3) is 0 Å². The molecule has 0 spiro atoms. The third-order valence-corrected chi connectivity index (χ3v) is 5.40. The van der Waals surface area contributed by atoms with Crippen LogP contribution in [0.4, 0.5) is 0 Å². The molecule has 178 valence electrons. The molecule has 0 aromatic carbocycles. The molecule has 2 heterocycles. The molecule has 1 aromatic heterocycles. The maximum atomic E-state index is 13.0. The Balaban J connectivity index is 2.12. The fraction of sp³-hybridized carbons (Fsp3) is 0.650. The summed E-state index contributed by atoms with van der Waals surface area (Å²) in [4.78, 5) is 58.0. The highest BCUT2D eigenvalue weighted by Crippen LogP contribution is 2.18. The number of amides is 3. The van der Waals surface area contributed by atoms with Crippen molar-refractivity contribution in [3.8, 4) is 0 Å². The van der Waals surface area contributed by atoms with E-state index in [2.05, 4.69) is 20.6 Å². The molecule has 1 fully saturated rings. The average molecular weight is 452 g/mol. The van der Waals surface area contributed by atoms with E-state index >= 15 is 0 Å². The molecular formula is C20H33N7O5. The van der Waals surface area contributed by atoms with Crippen LogP contribution >= 0.6 is 0 Å². The van der Waals surface area contributed by atoms with Crippen molar-refractivity contribution < 1.29 is 24.3 Å². The van der Waals surface area contributed by atoms with Crippen LogP contribution < -0.4 is 22.1 Å². The Morgan fingerprint density at radius 3 is 2.62 bits per heavy atom. The van der Waals surface area contributed by atoms with Gasteiger partial charge in [0, 0.05) is 24.9 Å². The molecule has 32 heavy (non-hydrogen) atoms. The summed E-state index contributed by atoms with van der Waals surface area (Å²) in [7, 11) is 0. The zero-order valence-electron chi connectivity index (χ0n) is 18.3. The fourth-order valence-electron chi connectivity index (χ4n) is 3.68. The number of carbonyl (C=O) groups excluding carboxylic acids is 3. The van der Waals surface area contributed by atoms with E-state index in [0.717, 1.165) is 0 Å². The highest BCUT2D eigenvalue weighted by atomic mass is 16.4. The van der Waals surface area contributed by atoms with E-state index in [-0.39, 0.29) is 18.7 Å². The van der Waals surface area contributed by atoms with Gasteiger partial charge in [0.05, 0.1) is 12.4 Å². The summed E-state index contributed by atoms with van der Waals surface area (Å²) in [6.45, 7) is 2.40. The van der Waals surface area contributed by atoms with Crippen LogP contribution in [-0.2, 0) is 25.6 Å². The van der Waals surface area contributed by atoms with E-state index in [1.807, 2.05) is 0 Å². The van der Waals surface area contributed by atoms with Crippen LogP contribution in [0, 0.1) is 0 Å². The van der Waals surface area contributed by atoms with Crippen molar-refractivity contribution in [2.45, 2.75) is 69.6 Å². The maximum Gasteiger partial charge on any atom is 0.326 e. The van der Waals surface area contributed by atoms with Crippen LogP contribution in [0.5, 0.6) is 0 Å². The van der Waals surface area contributed by atoms with Crippen LogP contribution in [0.15, 0.2) is 12.5 Å². The van der Waals surface area contributed by atoms with Gasteiger partial charge in [-0.2, -0.15) is 0 Å². The Labute approximate surface area is 186 Å². The van der Waals surface area contributed by atoms with E-state index in [1.54, 1.807) is 6.92 Å². The molecule has 12 heteroatoms. The maximum absolute atomic E-state index is 13.0. The summed E-state index contributed by atoms with van der Waals surface area (Å²) in [6.07, 6.45) is 5.56. The number of carbonyl (C=O) groups is 4. The number of carboxylic acid groups (broad SMARTS) is 1. The zero-order valence-corrected chi connectivity index (χ0v) is 18.3. The number of aliphatic carboxylic acids is 1. The molecule has 8 N–H and O–H groups in total. The number of nitrogens with zero attached hydrogens (tertiary/aromatic N) is 2. The molecule has 1 aliphatic rings. The molecule has 4 atom stereocenters. The summed E-state index contributed by atoms with van der Waals surface area (Å²) in [5.74, 6) is -2.60. The van der Waals surface area contributed by atoms with Gasteiger partial charge in [0.25, 0.3) is 0 Å². The van der Waals surface area contributed by atoms with Crippen molar-refractivity contribution in [1.82, 2.24) is 25.5 Å². The van der Waals surface area contributed by atoms with Gasteiger partial charge in [0.2, 0.25) is 17.7 Å². The van der Waals surface area contributed by atoms with Crippen molar-refractivity contribution in [2.24, 2.45) is 11.5 Å². The Hall–Kier alpha value is -2.99. The van der Waals surface area contributed by atoms with E-state index in [9.17, 15) is 24.3 Å². The SMILES string of the molecule is CC(N)C(=O)N1CCCC1C(=O)NC(Cc1cnc[nH]1)C(=O)NC(CCCCN)C(=O)O. The standard InChI is InChI=1S/C20H33N7O5/c1-12(22)19(30)27-8-4-6-16(27)18(29)26-15(9-13-10-23-11-24-13)17(28)25-14(20(31)32)5-2-3-7-21/h10-12,14-16H,2-9,21-22H2,1H3,(H,23,24)(H,25,28)(H,26,29)(H,31,32). The number of nitrogens with one attached hydrogen (secondary N) is 3. The molecule has 2 rings (SSSR count). The quantitative estimate of drug-likeness (QED) is 0.206. The number of carboxylic acids is 1. The lowest BCUT2D eigenvalue weighted by Gasteiger charge is -2.28. The number of rotatable bonds is 12. The predicted octanol–water partition coefficient (Wildman–Crippen LogP) is -1.53. The topological polar surface area (TPSA) is 197 Å². The molecule has 1 aromatic rings. The van der Waals surface area contributed by atoms with Crippen LogP contribution in [-0.4, -0.2) is 80.9 Å². The van der Waals surface area contributed by atoms with Crippen molar-refractivity contribution in [3.63, 3.8) is 0 Å². The number of likely N-dealkylation sites (tertiary alicyclic amines) is 1. The van der Waals surface area contributed by atoms with Gasteiger partial charge >= 0.3 is 5.97 Å². The molecule has 0 aliphatic carbocycles. The number of aromatic nitrogens is 2. The molecule has 1 saturated heterocycles. The summed E-state index contributed by atoms with van der Waals surface area (Å²) < 4.78 is 0. The Kier molecular flexibility index (Phi) is 9.60. The first-order valence-electron chi connectivity index (χ1n) is 10.8. The first kappa shape index (κ1) is 25.3. The van der Waals surface area contributed by atoms with E-state index in [1.165, 1.54) is 17.4 Å². The minimum Gasteiger partial charge on any atom is -0.480 e. The molecular weight excluding hydrogens is 418 g/mol. The highest BCUT2D eigenvalue weighted by molar-refractivity contribution is 5.94. The van der Waals surface area contributed by atoms with Crippen LogP contribution in [0.2, 0.25) is 0 Å². The van der Waals surface area contributed by atoms with E-state index in [4.69, 9.17) is 11.5 Å². The summed E-state index contributed by atoms with van der Waals surface area (Å²) in [6, 6.07) is -3.62. The fourth-order valence-corrected chi connectivity index (χ4v) is 3.68. The molecule has 4 unspecified atom stereocenters. The zero-order chi connectivity index (χ0) is 23.7. The smallest absolute Gasteiger partial charge is 0.326 e. The lowest BCUT2D eigenvalue weighted by atomic mass is 10.1. The van der Waals surface area contributed by atoms with Gasteiger partial charge in [-0.25, -0.2) is 9.78 Å². The highest BCUT2D eigenvalue weighted by Gasteiger charge is 2.37. The number of aromatic amines is 1. The van der Waals surface area contributed by atoms with Gasteiger partial charge in [-0.1, -0.05) is 0 Å². The third-order valence-electron chi connectivity index (χ3n) is 5.40. The Morgan fingerprint density at radius 1 is 1.28 bits per heavy atom. The number of hydrogen-bond donors (Lipinski definition) is 6. The van der Waals surface area contributed by atoms with E-state index < -0.39 is 42.0 Å². The second-order valence-electron chi connectivity index (χ2n) is 8.00. The lowest BCUT2D eigenvalue weighted by Crippen LogP contribution is -2.57. The Morgan fingerprint density at radius 2 is 2.03 bits per heavy atom. The van der Waals surface area contributed by atoms with Crippen molar-refractivity contribution in [2.75, 3.05) is 13.1 Å². The number of nitrogens with two attached hydrogens (primary N) is 2. The minimum atomic E-state index is -1.16. The molecule has 1 aliphatic heterocycles. The third kappa shape index (κ3) is 7.02. The normalized spacial score (nSPS) is 18.6. The minimum absolute atomic E-state index is 0.0840. The average Bonchev–Trinajstić information content (AvgIpc) is 3.43. The van der Waals surface area contributed by atoms with Crippen LogP contribution in [0.1, 0.15) is 44.7 Å². The van der Waals surface area contributed by atoms with E-state index in [0.29, 0.717) is 44.5 Å². The van der Waals surface area contributed by atoms with Gasteiger partial charge < -0.3 is 37.1 Å². The first-order chi connectivity index (χ1) is 15.2. The number of unbranched alkanes of at least 4 members (excludes halogenated alkanes) is 1. The molecule has 0 bridgehead atoms. The second kappa shape index (κ2) is 12.2. The van der Waals surface area contributed by atoms with Crippen LogP contribution in [0.3, 0.4) is 0 Å². The second-order valence-corrected chi connectivity index (χ2v) is 8.00. The van der Waals surface area contributed by atoms with Gasteiger partial charge in [-0.3, -0.25) is 14.4 Å². The Bertz CT molecular complexity index is 783. The summed E-state index contributed by atoms with van der Waals surface area (Å²) in [5.41, 5.74) is 11.7. The largest absolute Gasteiger partial charge is 0.480 e. The van der Waals surface area contributed by atoms with Gasteiger partial charge in [-0.05, 0) is 45.6 Å². The summed E-state index contributed by atoms with van der Waals surface area (Å²) in [5, 5.41) is 14.6. The lowest BCUT2D eigenvalue weighted by molar-refractivity contribution is -0.143. The summed E-state index contributed by atoms with van der Waals surface area (Å²) >= 11 is 0.